The highest BCUT2D eigenvalue weighted by atomic mass is 16.5. The van der Waals surface area contributed by atoms with E-state index in [4.69, 9.17) is 4.74 Å². The van der Waals surface area contributed by atoms with Gasteiger partial charge in [-0.25, -0.2) is 0 Å². The molecule has 0 saturated heterocycles. The maximum absolute atomic E-state index is 12.1. The van der Waals surface area contributed by atoms with Crippen LogP contribution in [0.3, 0.4) is 0 Å². The number of hydrogen-bond acceptors (Lipinski definition) is 3. The number of unbranched alkanes of at least 4 members (excludes halogenated alkanes) is 4. The van der Waals surface area contributed by atoms with Crippen LogP contribution in [-0.2, 0) is 26.8 Å². The van der Waals surface area contributed by atoms with Crippen LogP contribution in [0.4, 0.5) is 0 Å². The maximum Gasteiger partial charge on any atom is 0.306 e. The first-order valence-electron chi connectivity index (χ1n) is 10.5. The molecule has 3 heteroatoms. The highest BCUT2D eigenvalue weighted by Gasteiger charge is 2.25. The van der Waals surface area contributed by atoms with Crippen LogP contribution in [0.1, 0.15) is 104 Å². The Morgan fingerprint density at radius 3 is 2.15 bits per heavy atom. The Balaban J connectivity index is 2.75. The predicted molar refractivity (Wildman–Crippen MR) is 114 cm³/mol. The van der Waals surface area contributed by atoms with Crippen LogP contribution < -0.4 is 0 Å². The number of hydrogen-bond donors (Lipinski definition) is 1. The van der Waals surface area contributed by atoms with Crippen LogP contribution in [0, 0.1) is 0 Å². The van der Waals surface area contributed by atoms with Crippen molar-refractivity contribution >= 4 is 5.97 Å². The number of ether oxygens (including phenoxy) is 1. The van der Waals surface area contributed by atoms with Gasteiger partial charge in [0, 0.05) is 6.42 Å². The van der Waals surface area contributed by atoms with Crippen LogP contribution in [0.25, 0.3) is 0 Å². The normalized spacial score (nSPS) is 12.3. The molecule has 1 rings (SSSR count). The standard InChI is InChI=1S/C24H40O3/c1-8-9-10-11-12-15-27-21(25)14-13-18-16-19(23(2,3)4)17-20(22(18)26)24(5,6)7/h16-17,26H,8-15H2,1-7H3. The second kappa shape index (κ2) is 10.1. The van der Waals surface area contributed by atoms with E-state index >= 15 is 0 Å². The van der Waals surface area contributed by atoms with Crippen molar-refractivity contribution in [3.8, 4) is 5.75 Å². The second-order valence-corrected chi connectivity index (χ2v) is 9.67. The first-order chi connectivity index (χ1) is 12.5. The van der Waals surface area contributed by atoms with Crippen LogP contribution in [0.2, 0.25) is 0 Å². The number of aryl methyl sites for hydroxylation is 1. The third kappa shape index (κ3) is 7.94. The fraction of sp³-hybridized carbons (Fsp3) is 0.708. The lowest BCUT2D eigenvalue weighted by molar-refractivity contribution is -0.143. The van der Waals surface area contributed by atoms with Crippen LogP contribution >= 0.6 is 0 Å². The van der Waals surface area contributed by atoms with Gasteiger partial charge in [0.05, 0.1) is 6.61 Å². The number of carbonyl (C=O) groups excluding carboxylic acids is 1. The Kier molecular flexibility index (Phi) is 8.84. The third-order valence-corrected chi connectivity index (χ3v) is 4.97. The van der Waals surface area contributed by atoms with Crippen LogP contribution in [-0.4, -0.2) is 17.7 Å². The number of benzene rings is 1. The SMILES string of the molecule is CCCCCCCOC(=O)CCc1cc(C(C)(C)C)cc(C(C)(C)C)c1O. The Labute approximate surface area is 166 Å². The molecule has 0 bridgehead atoms. The molecule has 0 spiro atoms. The van der Waals surface area contributed by atoms with E-state index in [1.54, 1.807) is 0 Å². The minimum absolute atomic E-state index is 0.0125. The van der Waals surface area contributed by atoms with Gasteiger partial charge in [0.25, 0.3) is 0 Å². The number of carbonyl (C=O) groups is 1. The summed E-state index contributed by atoms with van der Waals surface area (Å²) in [6.07, 6.45) is 6.53. The first-order valence-corrected chi connectivity index (χ1v) is 10.5. The van der Waals surface area contributed by atoms with Gasteiger partial charge in [-0.3, -0.25) is 4.79 Å². The monoisotopic (exact) mass is 376 g/mol. The summed E-state index contributed by atoms with van der Waals surface area (Å²) in [5.41, 5.74) is 2.80. The average molecular weight is 377 g/mol. The zero-order chi connectivity index (χ0) is 20.7. The molecule has 0 aliphatic rings. The number of phenols is 1. The summed E-state index contributed by atoms with van der Waals surface area (Å²) < 4.78 is 5.36. The molecule has 0 amide bonds. The Morgan fingerprint density at radius 2 is 1.59 bits per heavy atom. The van der Waals surface area contributed by atoms with Gasteiger partial charge < -0.3 is 9.84 Å². The summed E-state index contributed by atoms with van der Waals surface area (Å²) in [6.45, 7) is 15.5. The fourth-order valence-electron chi connectivity index (χ4n) is 3.09. The van der Waals surface area contributed by atoms with Crippen molar-refractivity contribution in [3.63, 3.8) is 0 Å². The molecule has 0 radical (unpaired) electrons. The largest absolute Gasteiger partial charge is 0.507 e. The molecule has 0 heterocycles. The summed E-state index contributed by atoms with van der Waals surface area (Å²) in [7, 11) is 0. The lowest BCUT2D eigenvalue weighted by Gasteiger charge is -2.27. The predicted octanol–water partition coefficient (Wildman–Crippen LogP) is 6.43. The van der Waals surface area contributed by atoms with E-state index in [0.29, 0.717) is 25.2 Å². The summed E-state index contributed by atoms with van der Waals surface area (Å²) >= 11 is 0. The van der Waals surface area contributed by atoms with Gasteiger partial charge in [0.2, 0.25) is 0 Å². The van der Waals surface area contributed by atoms with Gasteiger partial charge in [-0.2, -0.15) is 0 Å². The van der Waals surface area contributed by atoms with E-state index in [2.05, 4.69) is 54.5 Å². The van der Waals surface area contributed by atoms with E-state index < -0.39 is 0 Å². The van der Waals surface area contributed by atoms with E-state index in [9.17, 15) is 9.90 Å². The zero-order valence-corrected chi connectivity index (χ0v) is 18.6. The second-order valence-electron chi connectivity index (χ2n) is 9.67. The molecule has 0 aliphatic heterocycles. The van der Waals surface area contributed by atoms with E-state index in [1.165, 1.54) is 24.8 Å². The molecule has 0 saturated carbocycles. The van der Waals surface area contributed by atoms with Gasteiger partial charge in [0.15, 0.2) is 0 Å². The zero-order valence-electron chi connectivity index (χ0n) is 18.6. The Morgan fingerprint density at radius 1 is 0.963 bits per heavy atom. The van der Waals surface area contributed by atoms with E-state index in [1.807, 2.05) is 6.07 Å². The molecule has 3 nitrogen and oxygen atoms in total. The Hall–Kier alpha value is -1.51. The van der Waals surface area contributed by atoms with E-state index in [0.717, 1.165) is 24.0 Å². The number of phenolic OH excluding ortho intramolecular Hbond substituents is 1. The first kappa shape index (κ1) is 23.5. The molecular weight excluding hydrogens is 336 g/mol. The number of esters is 1. The summed E-state index contributed by atoms with van der Waals surface area (Å²) in [5, 5.41) is 10.8. The molecule has 154 valence electrons. The lowest BCUT2D eigenvalue weighted by Crippen LogP contribution is -2.18. The molecule has 0 unspecified atom stereocenters. The smallest absolute Gasteiger partial charge is 0.306 e. The van der Waals surface area contributed by atoms with Crippen molar-refractivity contribution in [3.05, 3.63) is 28.8 Å². The van der Waals surface area contributed by atoms with E-state index in [-0.39, 0.29) is 16.8 Å². The number of aromatic hydroxyl groups is 1. The van der Waals surface area contributed by atoms with Crippen LogP contribution in [0.5, 0.6) is 5.75 Å². The molecule has 27 heavy (non-hydrogen) atoms. The van der Waals surface area contributed by atoms with Gasteiger partial charge in [-0.1, -0.05) is 86.3 Å². The van der Waals surface area contributed by atoms with Gasteiger partial charge >= 0.3 is 5.97 Å². The molecule has 0 atom stereocenters. The highest BCUT2D eigenvalue weighted by molar-refractivity contribution is 5.70. The van der Waals surface area contributed by atoms with Gasteiger partial charge in [-0.15, -0.1) is 0 Å². The summed E-state index contributed by atoms with van der Waals surface area (Å²) in [5.74, 6) is 0.145. The van der Waals surface area contributed by atoms with Crippen molar-refractivity contribution in [2.24, 2.45) is 0 Å². The quantitative estimate of drug-likeness (QED) is 0.399. The van der Waals surface area contributed by atoms with Crippen molar-refractivity contribution in [1.82, 2.24) is 0 Å². The van der Waals surface area contributed by atoms with Gasteiger partial charge in [0.1, 0.15) is 5.75 Å². The summed E-state index contributed by atoms with van der Waals surface area (Å²) in [6, 6.07) is 4.15. The molecule has 0 aromatic heterocycles. The van der Waals surface area contributed by atoms with Crippen molar-refractivity contribution in [1.29, 1.82) is 0 Å². The molecule has 1 aromatic rings. The topological polar surface area (TPSA) is 46.5 Å². The minimum Gasteiger partial charge on any atom is -0.507 e. The Bertz CT molecular complexity index is 603. The lowest BCUT2D eigenvalue weighted by atomic mass is 9.78. The number of rotatable bonds is 9. The van der Waals surface area contributed by atoms with Crippen molar-refractivity contribution < 1.29 is 14.6 Å². The highest BCUT2D eigenvalue weighted by Crippen LogP contribution is 2.38. The molecule has 1 N–H and O–H groups in total. The molecule has 0 fully saturated rings. The average Bonchev–Trinajstić information content (AvgIpc) is 2.54. The third-order valence-electron chi connectivity index (χ3n) is 4.97. The van der Waals surface area contributed by atoms with Crippen molar-refractivity contribution in [2.45, 2.75) is 104 Å². The van der Waals surface area contributed by atoms with Crippen LogP contribution in [0.15, 0.2) is 12.1 Å². The minimum atomic E-state index is -0.177. The maximum atomic E-state index is 12.1. The molecular formula is C24H40O3. The van der Waals surface area contributed by atoms with Gasteiger partial charge in [-0.05, 0) is 40.4 Å². The van der Waals surface area contributed by atoms with Crippen molar-refractivity contribution in [2.75, 3.05) is 6.61 Å². The fourth-order valence-corrected chi connectivity index (χ4v) is 3.09. The summed E-state index contributed by atoms with van der Waals surface area (Å²) in [4.78, 5) is 12.1. The molecule has 1 aromatic carbocycles. The molecule has 0 aliphatic carbocycles.